The van der Waals surface area contributed by atoms with Gasteiger partial charge in [-0.2, -0.15) is 0 Å². The average Bonchev–Trinajstić information content (AvgIpc) is 2.89. The molecule has 3 atom stereocenters. The van der Waals surface area contributed by atoms with E-state index in [9.17, 15) is 18.3 Å². The van der Waals surface area contributed by atoms with Gasteiger partial charge in [0.15, 0.2) is 11.5 Å². The predicted octanol–water partition coefficient (Wildman–Crippen LogP) is 4.96. The molecule has 7 nitrogen and oxygen atoms in total. The van der Waals surface area contributed by atoms with Crippen molar-refractivity contribution in [3.8, 4) is 11.5 Å². The van der Waals surface area contributed by atoms with Crippen molar-refractivity contribution in [3.05, 3.63) is 78.4 Å². The summed E-state index contributed by atoms with van der Waals surface area (Å²) in [4.78, 5) is 13.5. The number of carbonyl (C=O) groups is 1. The Morgan fingerprint density at radius 2 is 1.57 bits per heavy atom. The highest BCUT2D eigenvalue weighted by Crippen LogP contribution is 2.49. The smallest absolute Gasteiger partial charge is 0.240 e. The maximum atomic E-state index is 13.3. The number of aliphatic hydroxyl groups excluding tert-OH is 1. The standard InChI is InChI=1S/C29H32N2O5S/c1-29(2,19-32)18-20-14-16-21(17-15-20)37(34,35)30-22-8-7-11-25(28(22)33)31-23-9-3-5-12-26(23)36-27-13-6-4-10-24(27)31/h3-6,9-10,12-17,19,22,25,28,30,33H,7-8,11,18H2,1-2H3/t22-,25+,28+/m1/s1. The van der Waals surface area contributed by atoms with E-state index >= 15 is 0 Å². The van der Waals surface area contributed by atoms with E-state index in [2.05, 4.69) is 9.62 Å². The summed E-state index contributed by atoms with van der Waals surface area (Å²) < 4.78 is 35.4. The van der Waals surface area contributed by atoms with E-state index in [1.807, 2.05) is 62.4 Å². The first-order valence-corrected chi connectivity index (χ1v) is 14.1. The minimum absolute atomic E-state index is 0.136. The van der Waals surface area contributed by atoms with Gasteiger partial charge in [0.1, 0.15) is 6.29 Å². The monoisotopic (exact) mass is 520 g/mol. The van der Waals surface area contributed by atoms with E-state index in [-0.39, 0.29) is 10.9 Å². The quantitative estimate of drug-likeness (QED) is 0.428. The molecule has 1 heterocycles. The van der Waals surface area contributed by atoms with Gasteiger partial charge in [0.25, 0.3) is 0 Å². The minimum Gasteiger partial charge on any atom is -0.453 e. The van der Waals surface area contributed by atoms with Gasteiger partial charge in [-0.3, -0.25) is 0 Å². The molecule has 0 amide bonds. The van der Waals surface area contributed by atoms with Crippen LogP contribution in [-0.4, -0.2) is 38.0 Å². The number of hydrogen-bond acceptors (Lipinski definition) is 6. The largest absolute Gasteiger partial charge is 0.453 e. The number of nitrogens with zero attached hydrogens (tertiary/aromatic N) is 1. The van der Waals surface area contributed by atoms with Gasteiger partial charge in [0, 0.05) is 5.41 Å². The van der Waals surface area contributed by atoms with Crippen LogP contribution in [0.15, 0.2) is 77.7 Å². The Bertz CT molecular complexity index is 1340. The molecule has 1 fully saturated rings. The second kappa shape index (κ2) is 9.93. The highest BCUT2D eigenvalue weighted by Gasteiger charge is 2.41. The van der Waals surface area contributed by atoms with E-state index < -0.39 is 27.6 Å². The molecule has 3 aromatic rings. The summed E-state index contributed by atoms with van der Waals surface area (Å²) in [6.07, 6.45) is 2.51. The lowest BCUT2D eigenvalue weighted by Crippen LogP contribution is -2.56. The molecule has 2 aliphatic rings. The maximum absolute atomic E-state index is 13.3. The van der Waals surface area contributed by atoms with Crippen molar-refractivity contribution in [2.75, 3.05) is 4.90 Å². The fourth-order valence-electron chi connectivity index (χ4n) is 5.28. The van der Waals surface area contributed by atoms with Crippen molar-refractivity contribution in [2.24, 2.45) is 5.41 Å². The number of hydrogen-bond donors (Lipinski definition) is 2. The van der Waals surface area contributed by atoms with Gasteiger partial charge in [-0.05, 0) is 67.6 Å². The van der Waals surface area contributed by atoms with Gasteiger partial charge in [-0.25, -0.2) is 13.1 Å². The Balaban J connectivity index is 1.38. The molecule has 1 aliphatic carbocycles. The molecule has 3 aromatic carbocycles. The number of benzene rings is 3. The zero-order chi connectivity index (χ0) is 26.2. The van der Waals surface area contributed by atoms with Crippen LogP contribution in [0.5, 0.6) is 11.5 Å². The fourth-order valence-corrected chi connectivity index (χ4v) is 6.57. The van der Waals surface area contributed by atoms with Crippen LogP contribution < -0.4 is 14.4 Å². The van der Waals surface area contributed by atoms with Gasteiger partial charge in [0.2, 0.25) is 10.0 Å². The number of aldehydes is 1. The fraction of sp³-hybridized carbons (Fsp3) is 0.345. The van der Waals surface area contributed by atoms with Gasteiger partial charge < -0.3 is 19.5 Å². The molecule has 5 rings (SSSR count). The number of para-hydroxylation sites is 4. The Morgan fingerprint density at radius 3 is 2.16 bits per heavy atom. The summed E-state index contributed by atoms with van der Waals surface area (Å²) in [5.41, 5.74) is 2.07. The second-order valence-electron chi connectivity index (χ2n) is 10.6. The van der Waals surface area contributed by atoms with Crippen LogP contribution in [0.25, 0.3) is 0 Å². The van der Waals surface area contributed by atoms with Crippen molar-refractivity contribution in [3.63, 3.8) is 0 Å². The molecule has 1 aliphatic heterocycles. The summed E-state index contributed by atoms with van der Waals surface area (Å²) in [6, 6.07) is 21.0. The molecule has 194 valence electrons. The number of carbonyl (C=O) groups excluding carboxylic acids is 1. The van der Waals surface area contributed by atoms with Crippen LogP contribution in [-0.2, 0) is 21.2 Å². The zero-order valence-electron chi connectivity index (χ0n) is 21.0. The number of nitrogens with one attached hydrogen (secondary N) is 1. The van der Waals surface area contributed by atoms with Crippen LogP contribution in [0, 0.1) is 5.41 Å². The number of anilines is 2. The van der Waals surface area contributed by atoms with Crippen LogP contribution in [0.1, 0.15) is 38.7 Å². The molecule has 0 aromatic heterocycles. The van der Waals surface area contributed by atoms with Gasteiger partial charge in [0.05, 0.1) is 34.5 Å². The van der Waals surface area contributed by atoms with E-state index in [0.29, 0.717) is 30.8 Å². The Labute approximate surface area is 218 Å². The minimum atomic E-state index is -3.86. The highest BCUT2D eigenvalue weighted by molar-refractivity contribution is 7.89. The molecule has 8 heteroatoms. The molecule has 0 bridgehead atoms. The molecule has 37 heavy (non-hydrogen) atoms. The summed E-state index contributed by atoms with van der Waals surface area (Å²) in [7, 11) is -3.86. The molecule has 0 spiro atoms. The predicted molar refractivity (Wildman–Crippen MR) is 143 cm³/mol. The van der Waals surface area contributed by atoms with Crippen molar-refractivity contribution < 1.29 is 23.1 Å². The van der Waals surface area contributed by atoms with Crippen molar-refractivity contribution in [1.29, 1.82) is 0 Å². The van der Waals surface area contributed by atoms with E-state index in [4.69, 9.17) is 4.74 Å². The van der Waals surface area contributed by atoms with Crippen LogP contribution in [0.2, 0.25) is 0 Å². The van der Waals surface area contributed by atoms with Gasteiger partial charge in [-0.1, -0.05) is 50.2 Å². The molecule has 0 radical (unpaired) electrons. The summed E-state index contributed by atoms with van der Waals surface area (Å²) in [5.74, 6) is 1.41. The highest BCUT2D eigenvalue weighted by atomic mass is 32.2. The SMILES string of the molecule is CC(C)(C=O)Cc1ccc(S(=O)(=O)N[C@@H]2CCC[C@H](N3c4ccccc4Oc4ccccc43)[C@H]2O)cc1. The third-order valence-electron chi connectivity index (χ3n) is 7.14. The third kappa shape index (κ3) is 5.14. The summed E-state index contributed by atoms with van der Waals surface area (Å²) >= 11 is 0. The molecule has 2 N–H and O–H groups in total. The van der Waals surface area contributed by atoms with Gasteiger partial charge >= 0.3 is 0 Å². The number of sulfonamides is 1. The molecule has 1 saturated carbocycles. The molecule has 0 unspecified atom stereocenters. The zero-order valence-corrected chi connectivity index (χ0v) is 21.8. The normalized spacial score (nSPS) is 21.5. The Morgan fingerprint density at radius 1 is 0.973 bits per heavy atom. The lowest BCUT2D eigenvalue weighted by molar-refractivity contribution is -0.114. The summed E-state index contributed by atoms with van der Waals surface area (Å²) in [6.45, 7) is 3.69. The first kappa shape index (κ1) is 25.4. The van der Waals surface area contributed by atoms with Crippen LogP contribution in [0.4, 0.5) is 11.4 Å². The van der Waals surface area contributed by atoms with Crippen molar-refractivity contribution in [1.82, 2.24) is 4.72 Å². The first-order chi connectivity index (χ1) is 17.7. The lowest BCUT2D eigenvalue weighted by Gasteiger charge is -2.44. The number of ether oxygens (including phenoxy) is 1. The number of rotatable bonds is 7. The summed E-state index contributed by atoms with van der Waals surface area (Å²) in [5, 5.41) is 11.5. The van der Waals surface area contributed by atoms with E-state index in [1.54, 1.807) is 24.3 Å². The van der Waals surface area contributed by atoms with Crippen molar-refractivity contribution in [2.45, 2.75) is 62.6 Å². The first-order valence-electron chi connectivity index (χ1n) is 12.6. The molecular formula is C29H32N2O5S. The topological polar surface area (TPSA) is 95.9 Å². The third-order valence-corrected chi connectivity index (χ3v) is 8.65. The molecule has 0 saturated heterocycles. The van der Waals surface area contributed by atoms with Gasteiger partial charge in [-0.15, -0.1) is 0 Å². The Kier molecular flexibility index (Phi) is 6.83. The van der Waals surface area contributed by atoms with E-state index in [0.717, 1.165) is 29.6 Å². The Hall–Kier alpha value is -3.20. The average molecular weight is 521 g/mol. The number of fused-ring (bicyclic) bond motifs is 2. The van der Waals surface area contributed by atoms with Crippen molar-refractivity contribution >= 4 is 27.7 Å². The van der Waals surface area contributed by atoms with E-state index in [1.165, 1.54) is 0 Å². The molecular weight excluding hydrogens is 488 g/mol. The maximum Gasteiger partial charge on any atom is 0.240 e. The number of aliphatic hydroxyl groups is 1. The lowest BCUT2D eigenvalue weighted by atomic mass is 9.86. The van der Waals surface area contributed by atoms with Crippen LogP contribution in [0.3, 0.4) is 0 Å². The van der Waals surface area contributed by atoms with Crippen LogP contribution >= 0.6 is 0 Å². The second-order valence-corrected chi connectivity index (χ2v) is 12.3.